The van der Waals surface area contributed by atoms with Gasteiger partial charge in [0.05, 0.1) is 35.5 Å². The predicted octanol–water partition coefficient (Wildman–Crippen LogP) is 6.21. The Morgan fingerprint density at radius 1 is 0.932 bits per heavy atom. The van der Waals surface area contributed by atoms with E-state index in [2.05, 4.69) is 15.5 Å². The molecule has 12 nitrogen and oxygen atoms in total. The van der Waals surface area contributed by atoms with Gasteiger partial charge < -0.3 is 46.7 Å². The van der Waals surface area contributed by atoms with Gasteiger partial charge in [-0.25, -0.2) is 0 Å². The van der Waals surface area contributed by atoms with Gasteiger partial charge >= 0.3 is 5.97 Å². The quantitative estimate of drug-likeness (QED) is 0.140. The molecule has 59 heavy (non-hydrogen) atoms. The topological polar surface area (TPSA) is 185 Å². The molecule has 8 N–H and O–H groups in total. The summed E-state index contributed by atoms with van der Waals surface area (Å²) >= 11 is 0. The molecule has 0 aromatic carbocycles. The van der Waals surface area contributed by atoms with Gasteiger partial charge in [0.15, 0.2) is 5.96 Å². The number of amides is 1. The second-order valence-corrected chi connectivity index (χ2v) is 22.9. The van der Waals surface area contributed by atoms with Crippen LogP contribution in [0.4, 0.5) is 0 Å². The van der Waals surface area contributed by atoms with Crippen molar-refractivity contribution >= 4 is 39.4 Å². The average molecular weight is 863 g/mol. The van der Waals surface area contributed by atoms with Gasteiger partial charge in [-0.1, -0.05) is 60.1 Å². The first-order valence-electron chi connectivity index (χ1n) is 23.8. The number of aliphatic hydroxyl groups is 2. The van der Waals surface area contributed by atoms with Gasteiger partial charge in [0.1, 0.15) is 6.10 Å². The lowest BCUT2D eigenvalue weighted by molar-refractivity contribution is -0.159. The number of esters is 1. The lowest BCUT2D eigenvalue weighted by atomic mass is 9.67. The van der Waals surface area contributed by atoms with E-state index in [1.807, 2.05) is 21.6 Å². The first kappa shape index (κ1) is 45.7. The summed E-state index contributed by atoms with van der Waals surface area (Å²) in [7, 11) is 3.85. The number of hydrogen-bond donors (Lipinski definition) is 6. The third-order valence-electron chi connectivity index (χ3n) is 15.5. The van der Waals surface area contributed by atoms with Crippen LogP contribution < -0.4 is 22.1 Å². The van der Waals surface area contributed by atoms with E-state index in [1.165, 1.54) is 32.6 Å². The minimum Gasteiger partial charge on any atom is -0.462 e. The summed E-state index contributed by atoms with van der Waals surface area (Å²) < 4.78 is 12.9. The summed E-state index contributed by atoms with van der Waals surface area (Å²) in [5, 5.41) is 30.5. The third-order valence-corrected chi connectivity index (χ3v) is 18.7. The number of aliphatic hydroxyl groups excluding tert-OH is 2. The number of rotatable bonds is 3. The lowest BCUT2D eigenvalue weighted by Crippen LogP contribution is -2.52. The van der Waals surface area contributed by atoms with Crippen LogP contribution in [0.1, 0.15) is 155 Å². The van der Waals surface area contributed by atoms with Crippen LogP contribution in [-0.2, 0) is 19.1 Å². The highest BCUT2D eigenvalue weighted by Gasteiger charge is 2.51. The van der Waals surface area contributed by atoms with Crippen LogP contribution >= 0.6 is 21.6 Å². The zero-order valence-corrected chi connectivity index (χ0v) is 37.7. The Morgan fingerprint density at radius 2 is 1.75 bits per heavy atom. The van der Waals surface area contributed by atoms with Crippen molar-refractivity contribution in [2.24, 2.45) is 51.5 Å². The number of carbonyl (C=O) groups is 2. The molecule has 1 spiro atoms. The predicted molar refractivity (Wildman–Crippen MR) is 237 cm³/mol. The van der Waals surface area contributed by atoms with Crippen molar-refractivity contribution in [3.63, 3.8) is 0 Å². The fourth-order valence-electron chi connectivity index (χ4n) is 12.6. The maximum Gasteiger partial charge on any atom is 0.302 e. The van der Waals surface area contributed by atoms with Gasteiger partial charge in [-0.05, 0) is 132 Å². The van der Waals surface area contributed by atoms with Crippen LogP contribution in [0.15, 0.2) is 4.99 Å². The molecule has 336 valence electrons. The second-order valence-electron chi connectivity index (χ2n) is 20.1. The molecular formula is C45H78N6O6S2. The molecule has 4 aliphatic heterocycles. The zero-order valence-electron chi connectivity index (χ0n) is 36.0. The van der Waals surface area contributed by atoms with Crippen molar-refractivity contribution in [3.05, 3.63) is 0 Å². The van der Waals surface area contributed by atoms with E-state index in [4.69, 9.17) is 25.9 Å². The number of aliphatic imine (C=N–C) groups is 1. The molecule has 0 radical (unpaired) electrons. The molecular weight excluding hydrogens is 785 g/mol. The van der Waals surface area contributed by atoms with Crippen LogP contribution in [-0.4, -0.2) is 106 Å². The number of nitrogens with zero attached hydrogens (tertiary/aromatic N) is 2. The highest BCUT2D eigenvalue weighted by Crippen LogP contribution is 2.50. The Morgan fingerprint density at radius 3 is 2.56 bits per heavy atom. The molecule has 1 amide bonds. The first-order valence-corrected chi connectivity index (χ1v) is 26.1. The number of hydrogen-bond acceptors (Lipinski definition) is 13. The van der Waals surface area contributed by atoms with Crippen molar-refractivity contribution in [1.29, 1.82) is 0 Å². The summed E-state index contributed by atoms with van der Waals surface area (Å²) in [5.74, 6) is 2.80. The van der Waals surface area contributed by atoms with Gasteiger partial charge in [0, 0.05) is 51.1 Å². The minimum atomic E-state index is -0.645. The number of ether oxygens (including phenoxy) is 2. The molecule has 3 saturated carbocycles. The molecule has 14 heteroatoms. The van der Waals surface area contributed by atoms with Gasteiger partial charge in [-0.3, -0.25) is 14.6 Å². The summed E-state index contributed by atoms with van der Waals surface area (Å²) in [6, 6.07) is 0. The molecule has 3 aliphatic carbocycles. The van der Waals surface area contributed by atoms with Crippen molar-refractivity contribution < 1.29 is 29.3 Å². The van der Waals surface area contributed by atoms with Gasteiger partial charge in [0.25, 0.3) is 0 Å². The van der Waals surface area contributed by atoms with Crippen molar-refractivity contribution in [2.75, 3.05) is 31.9 Å². The molecule has 12 unspecified atom stereocenters. The maximum absolute atomic E-state index is 14.2. The van der Waals surface area contributed by atoms with Crippen molar-refractivity contribution in [2.45, 2.75) is 196 Å². The fraction of sp³-hybridized carbons (Fsp3) is 0.933. The number of guanidine groups is 1. The van der Waals surface area contributed by atoms with E-state index in [0.717, 1.165) is 109 Å². The second kappa shape index (κ2) is 21.4. The third kappa shape index (κ3) is 12.5. The van der Waals surface area contributed by atoms with Crippen LogP contribution in [0, 0.1) is 35.0 Å². The zero-order chi connectivity index (χ0) is 41.4. The van der Waals surface area contributed by atoms with Crippen LogP contribution in [0.2, 0.25) is 0 Å². The van der Waals surface area contributed by atoms with Gasteiger partial charge in [-0.2, -0.15) is 0 Å². The Kier molecular flexibility index (Phi) is 16.6. The van der Waals surface area contributed by atoms with E-state index in [1.54, 1.807) is 0 Å². The van der Waals surface area contributed by atoms with Crippen LogP contribution in [0.25, 0.3) is 0 Å². The van der Waals surface area contributed by atoms with Gasteiger partial charge in [-0.15, -0.1) is 0 Å². The van der Waals surface area contributed by atoms with E-state index >= 15 is 0 Å². The normalized spacial score (nSPS) is 40.9. The number of fused-ring (bicyclic) bond motifs is 7. The maximum atomic E-state index is 14.2. The molecule has 4 bridgehead atoms. The molecule has 3 saturated heterocycles. The average Bonchev–Trinajstić information content (AvgIpc) is 3.88. The van der Waals surface area contributed by atoms with E-state index in [-0.39, 0.29) is 64.4 Å². The highest BCUT2D eigenvalue weighted by molar-refractivity contribution is 8.77. The Labute approximate surface area is 362 Å². The number of piperidine rings is 1. The Bertz CT molecular complexity index is 1410. The van der Waals surface area contributed by atoms with Crippen molar-refractivity contribution in [3.8, 4) is 0 Å². The van der Waals surface area contributed by atoms with E-state index in [0.29, 0.717) is 63.1 Å². The Balaban J connectivity index is 1.12. The van der Waals surface area contributed by atoms with Gasteiger partial charge in [0.2, 0.25) is 5.91 Å². The lowest BCUT2D eigenvalue weighted by Gasteiger charge is -2.46. The monoisotopic (exact) mass is 863 g/mol. The molecule has 7 rings (SSSR count). The minimum absolute atomic E-state index is 0.0253. The molecule has 0 aromatic rings. The molecule has 12 atom stereocenters. The van der Waals surface area contributed by atoms with E-state index < -0.39 is 12.2 Å². The van der Waals surface area contributed by atoms with E-state index in [9.17, 15) is 19.8 Å². The smallest absolute Gasteiger partial charge is 0.302 e. The largest absolute Gasteiger partial charge is 0.462 e. The molecule has 4 heterocycles. The Hall–Kier alpha value is -1.29. The number of nitrogens with one attached hydrogen (secondary N) is 2. The SMILES string of the molecule is CC(=O)OC1CCC2CC(CN3CC(CC4CCNC(N)C4)(CCN=C(N)NC4(CCCC4)SSCCCCCCC(O)C1)CC3=O)C(O)C1OC3CCCC3CCC21. The number of carbonyl (C=O) groups excluding carboxylic acids is 2. The summed E-state index contributed by atoms with van der Waals surface area (Å²) in [6.45, 7) is 4.10. The molecule has 0 aromatic heterocycles. The van der Waals surface area contributed by atoms with Crippen LogP contribution in [0.3, 0.4) is 0 Å². The molecule has 6 fully saturated rings. The fourth-order valence-corrected chi connectivity index (χ4v) is 15.7. The summed E-state index contributed by atoms with van der Waals surface area (Å²) in [5.41, 5.74) is 12.8. The first-order chi connectivity index (χ1) is 28.5. The summed E-state index contributed by atoms with van der Waals surface area (Å²) in [6.07, 6.45) is 20.4. The molecule has 7 aliphatic rings. The summed E-state index contributed by atoms with van der Waals surface area (Å²) in [4.78, 5) is 33.5. The number of nitrogens with two attached hydrogens (primary N) is 2. The van der Waals surface area contributed by atoms with Crippen LogP contribution in [0.5, 0.6) is 0 Å². The standard InChI is InChI=1S/C45H78N6O6S2/c1-30(52)56-36-14-12-33-24-34(41(55)42-37(33)15-13-32-9-8-11-38(32)57-42)28-51-29-44(27-40(51)54,26-31-16-20-48-39(46)23-31)19-21-49-43(47)50-45(17-5-6-18-45)59-58-22-7-3-2-4-10-35(53)25-36/h31-39,41-42,48,53,55H,2-29,46H2,1H3,(H3,47,49,50). The van der Waals surface area contributed by atoms with Crippen molar-refractivity contribution in [1.82, 2.24) is 15.5 Å². The highest BCUT2D eigenvalue weighted by atomic mass is 33.1.